The van der Waals surface area contributed by atoms with Crippen LogP contribution < -0.4 is 15.8 Å². The number of rotatable bonds is 6. The molecular weight excluding hydrogens is 268 g/mol. The molecule has 21 heavy (non-hydrogen) atoms. The molecule has 2 aromatic carbocycles. The van der Waals surface area contributed by atoms with Gasteiger partial charge in [0.15, 0.2) is 0 Å². The second-order valence-electron chi connectivity index (χ2n) is 4.75. The Bertz CT molecular complexity index is 602. The molecule has 1 atom stereocenters. The summed E-state index contributed by atoms with van der Waals surface area (Å²) >= 11 is 0. The number of aliphatic hydroxyl groups excluding tert-OH is 2. The predicted molar refractivity (Wildman–Crippen MR) is 84.4 cm³/mol. The maximum Gasteiger partial charge on any atom is 0.119 e. The molecule has 0 aromatic heterocycles. The summed E-state index contributed by atoms with van der Waals surface area (Å²) in [6, 6.07) is 13.2. The summed E-state index contributed by atoms with van der Waals surface area (Å²) in [5.41, 5.74) is 9.37. The summed E-state index contributed by atoms with van der Waals surface area (Å²) < 4.78 is 5.22. The van der Waals surface area contributed by atoms with E-state index in [0.717, 1.165) is 22.6 Å². The zero-order valence-corrected chi connectivity index (χ0v) is 11.9. The van der Waals surface area contributed by atoms with Gasteiger partial charge in [0, 0.05) is 23.5 Å². The number of nitrogens with one attached hydrogen (secondary N) is 1. The van der Waals surface area contributed by atoms with Crippen LogP contribution in [-0.2, 0) is 0 Å². The molecule has 2 rings (SSSR count). The Morgan fingerprint density at radius 1 is 1.24 bits per heavy atom. The van der Waals surface area contributed by atoms with Crippen molar-refractivity contribution < 1.29 is 14.9 Å². The van der Waals surface area contributed by atoms with E-state index in [0.29, 0.717) is 5.69 Å². The van der Waals surface area contributed by atoms with Crippen LogP contribution in [0, 0.1) is 0 Å². The Balaban J connectivity index is 2.26. The van der Waals surface area contributed by atoms with E-state index in [1.807, 2.05) is 42.5 Å². The van der Waals surface area contributed by atoms with Crippen molar-refractivity contribution in [3.8, 4) is 16.9 Å². The maximum absolute atomic E-state index is 9.37. The molecule has 0 saturated heterocycles. The molecule has 0 aliphatic carbocycles. The van der Waals surface area contributed by atoms with Crippen molar-refractivity contribution in [3.05, 3.63) is 42.5 Å². The van der Waals surface area contributed by atoms with Crippen LogP contribution in [0.1, 0.15) is 0 Å². The number of nitrogen functional groups attached to an aromatic ring is 1. The second-order valence-corrected chi connectivity index (χ2v) is 4.75. The van der Waals surface area contributed by atoms with Crippen LogP contribution in [0.5, 0.6) is 5.75 Å². The fraction of sp³-hybridized carbons (Fsp3) is 0.250. The fourth-order valence-electron chi connectivity index (χ4n) is 2.01. The van der Waals surface area contributed by atoms with Crippen molar-refractivity contribution in [3.63, 3.8) is 0 Å². The fourth-order valence-corrected chi connectivity index (χ4v) is 2.01. The normalized spacial score (nSPS) is 12.0. The minimum Gasteiger partial charge on any atom is -0.497 e. The number of anilines is 2. The van der Waals surface area contributed by atoms with E-state index in [4.69, 9.17) is 15.6 Å². The van der Waals surface area contributed by atoms with Crippen LogP contribution in [-0.4, -0.2) is 36.6 Å². The molecule has 0 aliphatic rings. The summed E-state index contributed by atoms with van der Waals surface area (Å²) in [4.78, 5) is 0. The van der Waals surface area contributed by atoms with Gasteiger partial charge in [0.1, 0.15) is 5.75 Å². The topological polar surface area (TPSA) is 87.7 Å². The molecule has 0 amide bonds. The van der Waals surface area contributed by atoms with Gasteiger partial charge in [-0.1, -0.05) is 12.1 Å². The third-order valence-corrected chi connectivity index (χ3v) is 3.19. The standard InChI is InChI=1S/C16H20N2O3/c1-21-14-4-2-3-11(7-14)15-8-12(5-6-16(15)17)18-9-13(20)10-19/h2-8,13,18-20H,9-10,17H2,1H3. The molecule has 0 spiro atoms. The molecular formula is C16H20N2O3. The highest BCUT2D eigenvalue weighted by Crippen LogP contribution is 2.31. The number of hydrogen-bond acceptors (Lipinski definition) is 5. The number of ether oxygens (including phenoxy) is 1. The minimum absolute atomic E-state index is 0.273. The van der Waals surface area contributed by atoms with Gasteiger partial charge in [-0.15, -0.1) is 0 Å². The molecule has 0 bridgehead atoms. The number of nitrogens with two attached hydrogens (primary N) is 1. The smallest absolute Gasteiger partial charge is 0.119 e. The Hall–Kier alpha value is -2.24. The molecule has 5 heteroatoms. The largest absolute Gasteiger partial charge is 0.497 e. The van der Waals surface area contributed by atoms with Crippen molar-refractivity contribution in [2.24, 2.45) is 0 Å². The van der Waals surface area contributed by atoms with E-state index in [2.05, 4.69) is 5.32 Å². The highest BCUT2D eigenvalue weighted by Gasteiger charge is 2.07. The van der Waals surface area contributed by atoms with Crippen molar-refractivity contribution in [1.29, 1.82) is 0 Å². The first kappa shape index (κ1) is 15.2. The van der Waals surface area contributed by atoms with E-state index >= 15 is 0 Å². The highest BCUT2D eigenvalue weighted by molar-refractivity contribution is 5.80. The Morgan fingerprint density at radius 2 is 2.05 bits per heavy atom. The van der Waals surface area contributed by atoms with Gasteiger partial charge < -0.3 is 26.0 Å². The van der Waals surface area contributed by atoms with Crippen molar-refractivity contribution in [2.45, 2.75) is 6.10 Å². The lowest BCUT2D eigenvalue weighted by Gasteiger charge is -2.13. The molecule has 2 aromatic rings. The van der Waals surface area contributed by atoms with Gasteiger partial charge in [0.25, 0.3) is 0 Å². The van der Waals surface area contributed by atoms with Gasteiger partial charge in [-0.25, -0.2) is 0 Å². The van der Waals surface area contributed by atoms with Gasteiger partial charge in [0.05, 0.1) is 19.8 Å². The van der Waals surface area contributed by atoms with Gasteiger partial charge in [0.2, 0.25) is 0 Å². The monoisotopic (exact) mass is 288 g/mol. The summed E-state index contributed by atoms with van der Waals surface area (Å²) in [5.74, 6) is 0.765. The number of methoxy groups -OCH3 is 1. The third-order valence-electron chi connectivity index (χ3n) is 3.19. The van der Waals surface area contributed by atoms with Gasteiger partial charge in [-0.3, -0.25) is 0 Å². The van der Waals surface area contributed by atoms with Crippen LogP contribution in [0.4, 0.5) is 11.4 Å². The minimum atomic E-state index is -0.789. The summed E-state index contributed by atoms with van der Waals surface area (Å²) in [6.07, 6.45) is -0.789. The zero-order chi connectivity index (χ0) is 15.2. The van der Waals surface area contributed by atoms with Crippen molar-refractivity contribution in [2.75, 3.05) is 31.3 Å². The van der Waals surface area contributed by atoms with Crippen LogP contribution in [0.25, 0.3) is 11.1 Å². The molecule has 1 unspecified atom stereocenters. The van der Waals surface area contributed by atoms with Crippen LogP contribution in [0.2, 0.25) is 0 Å². The average Bonchev–Trinajstić information content (AvgIpc) is 2.53. The number of aliphatic hydroxyl groups is 2. The predicted octanol–water partition coefficient (Wildman–Crippen LogP) is 1.71. The van der Waals surface area contributed by atoms with Crippen molar-refractivity contribution in [1.82, 2.24) is 0 Å². The Labute approximate surface area is 124 Å². The first-order chi connectivity index (χ1) is 10.1. The van der Waals surface area contributed by atoms with Crippen LogP contribution >= 0.6 is 0 Å². The number of hydrogen-bond donors (Lipinski definition) is 4. The lowest BCUT2D eigenvalue weighted by Crippen LogP contribution is -2.22. The molecule has 0 radical (unpaired) electrons. The quantitative estimate of drug-likeness (QED) is 0.608. The van der Waals surface area contributed by atoms with Gasteiger partial charge in [-0.05, 0) is 35.9 Å². The highest BCUT2D eigenvalue weighted by atomic mass is 16.5. The molecule has 5 nitrogen and oxygen atoms in total. The molecule has 0 aliphatic heterocycles. The second kappa shape index (κ2) is 6.97. The SMILES string of the molecule is COc1cccc(-c2cc(NCC(O)CO)ccc2N)c1. The van der Waals surface area contributed by atoms with Gasteiger partial charge in [-0.2, -0.15) is 0 Å². The first-order valence-electron chi connectivity index (χ1n) is 6.70. The average molecular weight is 288 g/mol. The maximum atomic E-state index is 9.37. The van der Waals surface area contributed by atoms with E-state index in [9.17, 15) is 5.11 Å². The molecule has 0 fully saturated rings. The molecule has 0 heterocycles. The summed E-state index contributed by atoms with van der Waals surface area (Å²) in [5, 5.41) is 21.3. The summed E-state index contributed by atoms with van der Waals surface area (Å²) in [7, 11) is 1.62. The first-order valence-corrected chi connectivity index (χ1v) is 6.70. The van der Waals surface area contributed by atoms with E-state index < -0.39 is 6.10 Å². The third kappa shape index (κ3) is 3.87. The van der Waals surface area contributed by atoms with E-state index in [1.165, 1.54) is 0 Å². The van der Waals surface area contributed by atoms with Crippen LogP contribution in [0.3, 0.4) is 0 Å². The lowest BCUT2D eigenvalue weighted by atomic mass is 10.0. The molecule has 112 valence electrons. The lowest BCUT2D eigenvalue weighted by molar-refractivity contribution is 0.105. The Morgan fingerprint density at radius 3 is 2.76 bits per heavy atom. The van der Waals surface area contributed by atoms with E-state index in [1.54, 1.807) is 7.11 Å². The molecule has 0 saturated carbocycles. The van der Waals surface area contributed by atoms with Crippen LogP contribution in [0.15, 0.2) is 42.5 Å². The van der Waals surface area contributed by atoms with Gasteiger partial charge >= 0.3 is 0 Å². The van der Waals surface area contributed by atoms with Crippen molar-refractivity contribution >= 4 is 11.4 Å². The van der Waals surface area contributed by atoms with E-state index in [-0.39, 0.29) is 13.2 Å². The zero-order valence-electron chi connectivity index (χ0n) is 11.9. The molecule has 5 N–H and O–H groups in total. The Kier molecular flexibility index (Phi) is 5.03. The number of benzene rings is 2. The summed E-state index contributed by atoms with van der Waals surface area (Å²) in [6.45, 7) is 0.00266.